The van der Waals surface area contributed by atoms with Crippen LogP contribution in [0.15, 0.2) is 22.7 Å². The zero-order valence-electron chi connectivity index (χ0n) is 26.5. The van der Waals surface area contributed by atoms with Crippen LogP contribution in [0.3, 0.4) is 0 Å². The molecule has 0 unspecified atom stereocenters. The van der Waals surface area contributed by atoms with Crippen molar-refractivity contribution in [2.45, 2.75) is 96.7 Å². The van der Waals surface area contributed by atoms with Gasteiger partial charge in [0.25, 0.3) is 0 Å². The molecule has 11 N–H and O–H groups in total. The number of amides is 6. The Bertz CT molecular complexity index is 1270. The van der Waals surface area contributed by atoms with Gasteiger partial charge in [0.1, 0.15) is 18.1 Å². The first-order chi connectivity index (χ1) is 21.4. The van der Waals surface area contributed by atoms with Crippen LogP contribution in [-0.2, 0) is 33.6 Å². The van der Waals surface area contributed by atoms with Crippen molar-refractivity contribution in [3.8, 4) is 0 Å². The normalized spacial score (nSPS) is 13.1. The summed E-state index contributed by atoms with van der Waals surface area (Å²) in [7, 11) is 0. The highest BCUT2D eigenvalue weighted by molar-refractivity contribution is 9.10. The number of hydrogen-bond donors (Lipinski definition) is 8. The standard InChI is InChI=1S/C30H46BrN7O8/c1-17-14-18(7-8-19(17)31)35-28(45)21(37-25(41)16-30(2,3)15-23(33)39)9-11-24(40)36-22(10-12-26(42)43)29(46)38-20(27(34)44)6-4-5-13-32/h7-8,14,20-22H,4-6,9-13,15-16,32H2,1-3H3,(H2,33,39)(H2,34,44)(H,35,45)(H,36,40)(H,37,41)(H,38,46)(H,42,43)/t20-,21+,22-/m0/s1. The highest BCUT2D eigenvalue weighted by atomic mass is 79.9. The molecule has 0 saturated carbocycles. The van der Waals surface area contributed by atoms with Gasteiger partial charge in [-0.1, -0.05) is 29.8 Å². The van der Waals surface area contributed by atoms with Crippen molar-refractivity contribution in [3.05, 3.63) is 28.2 Å². The molecule has 6 amide bonds. The van der Waals surface area contributed by atoms with Crippen molar-refractivity contribution >= 4 is 63.0 Å². The van der Waals surface area contributed by atoms with Gasteiger partial charge in [-0.05, 0) is 74.8 Å². The van der Waals surface area contributed by atoms with E-state index in [9.17, 15) is 33.6 Å². The second-order valence-corrected chi connectivity index (χ2v) is 12.8. The minimum atomic E-state index is -1.32. The molecule has 0 aliphatic rings. The number of nitrogens with two attached hydrogens (primary N) is 3. The first-order valence-corrected chi connectivity index (χ1v) is 15.7. The fraction of sp³-hybridized carbons (Fsp3) is 0.567. The number of unbranched alkanes of at least 4 members (excludes halogenated alkanes) is 1. The molecular weight excluding hydrogens is 666 g/mol. The van der Waals surface area contributed by atoms with Gasteiger partial charge in [0, 0.05) is 35.8 Å². The van der Waals surface area contributed by atoms with Gasteiger partial charge in [-0.2, -0.15) is 0 Å². The highest BCUT2D eigenvalue weighted by Crippen LogP contribution is 2.25. The van der Waals surface area contributed by atoms with Crippen LogP contribution < -0.4 is 38.5 Å². The van der Waals surface area contributed by atoms with E-state index in [1.54, 1.807) is 32.0 Å². The van der Waals surface area contributed by atoms with Gasteiger partial charge in [0.05, 0.1) is 0 Å². The maximum Gasteiger partial charge on any atom is 0.303 e. The van der Waals surface area contributed by atoms with Crippen molar-refractivity contribution < 1.29 is 38.7 Å². The zero-order valence-corrected chi connectivity index (χ0v) is 28.0. The molecule has 0 bridgehead atoms. The Morgan fingerprint density at radius 1 is 0.826 bits per heavy atom. The number of halogens is 1. The highest BCUT2D eigenvalue weighted by Gasteiger charge is 2.30. The molecule has 0 aliphatic heterocycles. The Labute approximate surface area is 276 Å². The number of carbonyl (C=O) groups excluding carboxylic acids is 6. The molecule has 256 valence electrons. The lowest BCUT2D eigenvalue weighted by Gasteiger charge is -2.25. The molecule has 46 heavy (non-hydrogen) atoms. The maximum atomic E-state index is 13.3. The third-order valence-electron chi connectivity index (χ3n) is 6.93. The molecule has 3 atom stereocenters. The summed E-state index contributed by atoms with van der Waals surface area (Å²) in [6, 6.07) is 1.54. The molecule has 0 heterocycles. The van der Waals surface area contributed by atoms with Gasteiger partial charge in [-0.3, -0.25) is 33.6 Å². The number of rotatable bonds is 21. The number of aliphatic carboxylic acids is 1. The molecule has 0 saturated heterocycles. The Hall–Kier alpha value is -4.05. The molecule has 15 nitrogen and oxygen atoms in total. The van der Waals surface area contributed by atoms with Crippen LogP contribution in [0.25, 0.3) is 0 Å². The number of primary amides is 2. The molecule has 16 heteroatoms. The number of carboxylic acid groups (broad SMARTS) is 1. The van der Waals surface area contributed by atoms with Crippen molar-refractivity contribution in [1.29, 1.82) is 0 Å². The first kappa shape index (κ1) is 40.0. The second-order valence-electron chi connectivity index (χ2n) is 11.9. The Morgan fingerprint density at radius 2 is 1.43 bits per heavy atom. The fourth-order valence-corrected chi connectivity index (χ4v) is 4.81. The van der Waals surface area contributed by atoms with Crippen molar-refractivity contribution in [3.63, 3.8) is 0 Å². The van der Waals surface area contributed by atoms with Gasteiger partial charge in [0.15, 0.2) is 0 Å². The topological polar surface area (TPSA) is 266 Å². The van der Waals surface area contributed by atoms with E-state index in [1.165, 1.54) is 0 Å². The number of anilines is 1. The predicted molar refractivity (Wildman–Crippen MR) is 174 cm³/mol. The summed E-state index contributed by atoms with van der Waals surface area (Å²) in [6.45, 7) is 5.55. The van der Waals surface area contributed by atoms with E-state index in [2.05, 4.69) is 37.2 Å². The smallest absolute Gasteiger partial charge is 0.303 e. The number of carboxylic acids is 1. The maximum absolute atomic E-state index is 13.3. The van der Waals surface area contributed by atoms with E-state index in [4.69, 9.17) is 22.3 Å². The third-order valence-corrected chi connectivity index (χ3v) is 7.82. The van der Waals surface area contributed by atoms with E-state index in [1.807, 2.05) is 6.92 Å². The summed E-state index contributed by atoms with van der Waals surface area (Å²) in [5.74, 6) is -5.25. The number of carbonyl (C=O) groups is 7. The average Bonchev–Trinajstić information content (AvgIpc) is 2.93. The Kier molecular flexibility index (Phi) is 16.9. The Balaban J connectivity index is 3.08. The third kappa shape index (κ3) is 15.8. The summed E-state index contributed by atoms with van der Waals surface area (Å²) in [5.41, 5.74) is 16.7. The van der Waals surface area contributed by atoms with Gasteiger partial charge >= 0.3 is 5.97 Å². The first-order valence-electron chi connectivity index (χ1n) is 14.9. The van der Waals surface area contributed by atoms with Crippen LogP contribution in [0.2, 0.25) is 0 Å². The largest absolute Gasteiger partial charge is 0.481 e. The van der Waals surface area contributed by atoms with E-state index in [0.717, 1.165) is 10.0 Å². The molecule has 1 aromatic carbocycles. The van der Waals surface area contributed by atoms with Crippen molar-refractivity contribution in [2.75, 3.05) is 11.9 Å². The van der Waals surface area contributed by atoms with E-state index >= 15 is 0 Å². The van der Waals surface area contributed by atoms with E-state index < -0.39 is 71.4 Å². The minimum absolute atomic E-state index is 0.0682. The summed E-state index contributed by atoms with van der Waals surface area (Å²) in [5, 5.41) is 19.4. The molecule has 1 rings (SSSR count). The van der Waals surface area contributed by atoms with Crippen molar-refractivity contribution in [2.24, 2.45) is 22.6 Å². The molecule has 0 aromatic heterocycles. The van der Waals surface area contributed by atoms with Crippen LogP contribution in [0.5, 0.6) is 0 Å². The van der Waals surface area contributed by atoms with Gasteiger partial charge in [-0.25, -0.2) is 0 Å². The monoisotopic (exact) mass is 711 g/mol. The molecular formula is C30H46BrN7O8. The van der Waals surface area contributed by atoms with Crippen LogP contribution in [0, 0.1) is 12.3 Å². The fourth-order valence-electron chi connectivity index (χ4n) is 4.56. The second kappa shape index (κ2) is 19.5. The van der Waals surface area contributed by atoms with Crippen LogP contribution >= 0.6 is 15.9 Å². The number of hydrogen-bond acceptors (Lipinski definition) is 8. The predicted octanol–water partition coefficient (Wildman–Crippen LogP) is 0.701. The summed E-state index contributed by atoms with van der Waals surface area (Å²) in [4.78, 5) is 86.7. The number of nitrogens with one attached hydrogen (secondary N) is 4. The molecule has 0 radical (unpaired) electrons. The lowest BCUT2D eigenvalue weighted by molar-refractivity contribution is -0.138. The average molecular weight is 713 g/mol. The van der Waals surface area contributed by atoms with Crippen LogP contribution in [0.4, 0.5) is 5.69 Å². The number of benzene rings is 1. The zero-order chi connectivity index (χ0) is 35.0. The summed E-state index contributed by atoms with van der Waals surface area (Å²) < 4.78 is 0.822. The minimum Gasteiger partial charge on any atom is -0.481 e. The van der Waals surface area contributed by atoms with Gasteiger partial charge < -0.3 is 43.6 Å². The van der Waals surface area contributed by atoms with Crippen LogP contribution in [-0.4, -0.2) is 71.2 Å². The number of aryl methyl sites for hydroxylation is 1. The summed E-state index contributed by atoms with van der Waals surface area (Å²) in [6.07, 6.45) is -0.155. The van der Waals surface area contributed by atoms with Gasteiger partial charge in [0.2, 0.25) is 35.4 Å². The molecule has 1 aromatic rings. The quantitative estimate of drug-likeness (QED) is 0.0833. The lowest BCUT2D eigenvalue weighted by Crippen LogP contribution is -2.53. The molecule has 0 fully saturated rings. The van der Waals surface area contributed by atoms with Crippen LogP contribution in [0.1, 0.15) is 77.2 Å². The summed E-state index contributed by atoms with van der Waals surface area (Å²) >= 11 is 3.39. The van der Waals surface area contributed by atoms with Crippen molar-refractivity contribution in [1.82, 2.24) is 16.0 Å². The molecule has 0 spiro atoms. The van der Waals surface area contributed by atoms with E-state index in [-0.39, 0.29) is 38.5 Å². The Morgan fingerprint density at radius 3 is 2.00 bits per heavy atom. The SMILES string of the molecule is Cc1cc(NC(=O)[C@@H](CCC(=O)N[C@@H](CCC(=O)O)C(=O)N[C@@H](CCCCN)C(N)=O)NC(=O)CC(C)(C)CC(N)=O)ccc1Br. The molecule has 0 aliphatic carbocycles. The van der Waals surface area contributed by atoms with E-state index in [0.29, 0.717) is 25.1 Å². The van der Waals surface area contributed by atoms with Gasteiger partial charge in [-0.15, -0.1) is 0 Å². The lowest BCUT2D eigenvalue weighted by atomic mass is 9.85.